The second kappa shape index (κ2) is 8.52. The number of para-hydroxylation sites is 1. The summed E-state index contributed by atoms with van der Waals surface area (Å²) in [6.45, 7) is 1.75. The van der Waals surface area contributed by atoms with Gasteiger partial charge >= 0.3 is 0 Å². The molecular formula is C22H23N3O2. The minimum absolute atomic E-state index is 0.0850. The molecule has 3 N–H and O–H groups in total. The van der Waals surface area contributed by atoms with Gasteiger partial charge in [0.05, 0.1) is 24.3 Å². The normalized spacial score (nSPS) is 13.1. The molecule has 2 atom stereocenters. The van der Waals surface area contributed by atoms with Crippen molar-refractivity contribution in [1.29, 1.82) is 5.26 Å². The van der Waals surface area contributed by atoms with Gasteiger partial charge in [0.2, 0.25) is 5.91 Å². The highest BCUT2D eigenvalue weighted by Gasteiger charge is 2.19. The number of aliphatic hydroxyl groups excluding tert-OH is 1. The SMILES string of the molecule is CC(Cc1ccc(C#N)cc1)C(=O)NC(CO)Cc1c[nH]c2ccccc12. The van der Waals surface area contributed by atoms with Gasteiger partial charge in [0.15, 0.2) is 0 Å². The van der Waals surface area contributed by atoms with Crippen LogP contribution in [0.4, 0.5) is 0 Å². The number of nitrogens with one attached hydrogen (secondary N) is 2. The van der Waals surface area contributed by atoms with Crippen molar-refractivity contribution in [3.8, 4) is 6.07 Å². The Morgan fingerprint density at radius 3 is 2.63 bits per heavy atom. The second-order valence-corrected chi connectivity index (χ2v) is 6.87. The summed E-state index contributed by atoms with van der Waals surface area (Å²) in [6.07, 6.45) is 3.08. The van der Waals surface area contributed by atoms with Gasteiger partial charge in [0.25, 0.3) is 0 Å². The van der Waals surface area contributed by atoms with E-state index < -0.39 is 0 Å². The molecule has 1 heterocycles. The Bertz CT molecular complexity index is 954. The third-order valence-electron chi connectivity index (χ3n) is 4.78. The molecule has 0 spiro atoms. The van der Waals surface area contributed by atoms with E-state index >= 15 is 0 Å². The summed E-state index contributed by atoms with van der Waals surface area (Å²) in [7, 11) is 0. The predicted molar refractivity (Wildman–Crippen MR) is 105 cm³/mol. The van der Waals surface area contributed by atoms with Gasteiger partial charge in [0.1, 0.15) is 0 Å². The molecule has 1 amide bonds. The van der Waals surface area contributed by atoms with Crippen molar-refractivity contribution >= 4 is 16.8 Å². The molecular weight excluding hydrogens is 338 g/mol. The van der Waals surface area contributed by atoms with Gasteiger partial charge in [-0.3, -0.25) is 4.79 Å². The van der Waals surface area contributed by atoms with Gasteiger partial charge in [-0.05, 0) is 42.2 Å². The summed E-state index contributed by atoms with van der Waals surface area (Å²) in [4.78, 5) is 15.8. The van der Waals surface area contributed by atoms with Crippen LogP contribution >= 0.6 is 0 Å². The quantitative estimate of drug-likeness (QED) is 0.604. The van der Waals surface area contributed by atoms with Gasteiger partial charge in [-0.15, -0.1) is 0 Å². The number of carbonyl (C=O) groups excluding carboxylic acids is 1. The number of nitrogens with zero attached hydrogens (tertiary/aromatic N) is 1. The Balaban J connectivity index is 1.61. The molecule has 0 saturated carbocycles. The second-order valence-electron chi connectivity index (χ2n) is 6.87. The zero-order valence-corrected chi connectivity index (χ0v) is 15.3. The van der Waals surface area contributed by atoms with Crippen molar-refractivity contribution in [2.24, 2.45) is 5.92 Å². The number of benzene rings is 2. The molecule has 5 heteroatoms. The molecule has 3 rings (SSSR count). The fourth-order valence-corrected chi connectivity index (χ4v) is 3.23. The van der Waals surface area contributed by atoms with E-state index in [1.165, 1.54) is 0 Å². The van der Waals surface area contributed by atoms with Crippen molar-refractivity contribution in [2.45, 2.75) is 25.8 Å². The van der Waals surface area contributed by atoms with E-state index in [9.17, 15) is 9.90 Å². The third-order valence-corrected chi connectivity index (χ3v) is 4.78. The summed E-state index contributed by atoms with van der Waals surface area (Å²) < 4.78 is 0. The number of hydrogen-bond acceptors (Lipinski definition) is 3. The van der Waals surface area contributed by atoms with Gasteiger partial charge in [-0.25, -0.2) is 0 Å². The molecule has 5 nitrogen and oxygen atoms in total. The van der Waals surface area contributed by atoms with Gasteiger partial charge in [-0.2, -0.15) is 5.26 Å². The van der Waals surface area contributed by atoms with E-state index in [1.807, 2.05) is 49.5 Å². The number of amides is 1. The zero-order chi connectivity index (χ0) is 19.2. The number of aromatic nitrogens is 1. The third kappa shape index (κ3) is 4.55. The van der Waals surface area contributed by atoms with Crippen molar-refractivity contribution < 1.29 is 9.90 Å². The van der Waals surface area contributed by atoms with Crippen LogP contribution in [0.15, 0.2) is 54.7 Å². The maximum atomic E-state index is 12.5. The monoisotopic (exact) mass is 361 g/mol. The number of carbonyl (C=O) groups is 1. The summed E-state index contributed by atoms with van der Waals surface area (Å²) in [5.41, 5.74) is 3.73. The van der Waals surface area contributed by atoms with Crippen LogP contribution < -0.4 is 5.32 Å². The maximum Gasteiger partial charge on any atom is 0.223 e. The number of aromatic amines is 1. The van der Waals surface area contributed by atoms with Crippen LogP contribution in [0.5, 0.6) is 0 Å². The molecule has 0 radical (unpaired) electrons. The lowest BCUT2D eigenvalue weighted by Gasteiger charge is -2.19. The highest BCUT2D eigenvalue weighted by Crippen LogP contribution is 2.19. The average molecular weight is 361 g/mol. The smallest absolute Gasteiger partial charge is 0.223 e. The van der Waals surface area contributed by atoms with Crippen LogP contribution in [0, 0.1) is 17.2 Å². The van der Waals surface area contributed by atoms with Crippen molar-refractivity contribution in [3.63, 3.8) is 0 Å². The number of fused-ring (bicyclic) bond motifs is 1. The maximum absolute atomic E-state index is 12.5. The summed E-state index contributed by atoms with van der Waals surface area (Å²) in [5, 5.41) is 22.6. The topological polar surface area (TPSA) is 88.9 Å². The van der Waals surface area contributed by atoms with Gasteiger partial charge < -0.3 is 15.4 Å². The highest BCUT2D eigenvalue weighted by atomic mass is 16.3. The Morgan fingerprint density at radius 1 is 1.19 bits per heavy atom. The molecule has 27 heavy (non-hydrogen) atoms. The molecule has 3 aromatic rings. The molecule has 0 fully saturated rings. The first-order chi connectivity index (χ1) is 13.1. The Hall–Kier alpha value is -3.10. The Kier molecular flexibility index (Phi) is 5.90. The number of H-pyrrole nitrogens is 1. The van der Waals surface area contributed by atoms with Crippen LogP contribution in [-0.4, -0.2) is 28.6 Å². The van der Waals surface area contributed by atoms with E-state index in [4.69, 9.17) is 5.26 Å². The number of hydrogen-bond donors (Lipinski definition) is 3. The first kappa shape index (κ1) is 18.7. The van der Waals surface area contributed by atoms with E-state index in [-0.39, 0.29) is 24.5 Å². The minimum atomic E-state index is -0.333. The summed E-state index contributed by atoms with van der Waals surface area (Å²) >= 11 is 0. The lowest BCUT2D eigenvalue weighted by atomic mass is 9.98. The average Bonchev–Trinajstić information content (AvgIpc) is 3.10. The fourth-order valence-electron chi connectivity index (χ4n) is 3.23. The van der Waals surface area contributed by atoms with E-state index in [0.717, 1.165) is 22.0 Å². The standard InChI is InChI=1S/C22H23N3O2/c1-15(10-16-6-8-17(12-23)9-7-16)22(27)25-19(14-26)11-18-13-24-21-5-3-2-4-20(18)21/h2-9,13,15,19,24,26H,10-11,14H2,1H3,(H,25,27). The Labute approximate surface area is 158 Å². The molecule has 0 aliphatic heterocycles. The Morgan fingerprint density at radius 2 is 1.93 bits per heavy atom. The van der Waals surface area contributed by atoms with Crippen LogP contribution in [0.3, 0.4) is 0 Å². The van der Waals surface area contributed by atoms with E-state index in [0.29, 0.717) is 18.4 Å². The van der Waals surface area contributed by atoms with Crippen LogP contribution in [0.1, 0.15) is 23.6 Å². The van der Waals surface area contributed by atoms with Gasteiger partial charge in [0, 0.05) is 23.0 Å². The van der Waals surface area contributed by atoms with Gasteiger partial charge in [-0.1, -0.05) is 37.3 Å². The number of nitriles is 1. The van der Waals surface area contributed by atoms with Crippen LogP contribution in [-0.2, 0) is 17.6 Å². The lowest BCUT2D eigenvalue weighted by molar-refractivity contribution is -0.125. The van der Waals surface area contributed by atoms with E-state index in [1.54, 1.807) is 12.1 Å². The molecule has 2 unspecified atom stereocenters. The van der Waals surface area contributed by atoms with Crippen LogP contribution in [0.2, 0.25) is 0 Å². The molecule has 0 bridgehead atoms. The summed E-state index contributed by atoms with van der Waals surface area (Å²) in [6, 6.07) is 17.0. The van der Waals surface area contributed by atoms with Crippen molar-refractivity contribution in [2.75, 3.05) is 6.61 Å². The van der Waals surface area contributed by atoms with Crippen molar-refractivity contribution in [1.82, 2.24) is 10.3 Å². The first-order valence-corrected chi connectivity index (χ1v) is 9.06. The van der Waals surface area contributed by atoms with Crippen molar-refractivity contribution in [3.05, 3.63) is 71.4 Å². The summed E-state index contributed by atoms with van der Waals surface area (Å²) in [5.74, 6) is -0.312. The largest absolute Gasteiger partial charge is 0.394 e. The predicted octanol–water partition coefficient (Wildman–Crippen LogP) is 2.94. The molecule has 0 aliphatic carbocycles. The lowest BCUT2D eigenvalue weighted by Crippen LogP contribution is -2.42. The zero-order valence-electron chi connectivity index (χ0n) is 15.3. The van der Waals surface area contributed by atoms with Crippen LogP contribution in [0.25, 0.3) is 10.9 Å². The molecule has 138 valence electrons. The number of aliphatic hydroxyl groups is 1. The molecule has 0 saturated heterocycles. The molecule has 1 aromatic heterocycles. The fraction of sp³-hybridized carbons (Fsp3) is 0.273. The van der Waals surface area contributed by atoms with E-state index in [2.05, 4.69) is 16.4 Å². The first-order valence-electron chi connectivity index (χ1n) is 9.06. The number of rotatable bonds is 7. The highest BCUT2D eigenvalue weighted by molar-refractivity contribution is 5.83. The molecule has 2 aromatic carbocycles. The minimum Gasteiger partial charge on any atom is -0.394 e. The molecule has 0 aliphatic rings.